The smallest absolute Gasteiger partial charge is 0.254 e. The highest BCUT2D eigenvalue weighted by Crippen LogP contribution is 2.23. The fourth-order valence-corrected chi connectivity index (χ4v) is 2.82. The summed E-state index contributed by atoms with van der Waals surface area (Å²) in [4.78, 5) is 16.6. The van der Waals surface area contributed by atoms with E-state index in [2.05, 4.69) is 15.6 Å². The van der Waals surface area contributed by atoms with Crippen molar-refractivity contribution in [3.63, 3.8) is 0 Å². The van der Waals surface area contributed by atoms with E-state index in [9.17, 15) is 9.18 Å². The average molecular weight is 307 g/mol. The number of halogens is 1. The number of amides is 1. The fraction of sp³-hybridized carbons (Fsp3) is 0.333. The van der Waals surface area contributed by atoms with Crippen LogP contribution in [0.15, 0.2) is 29.8 Å². The quantitative estimate of drug-likeness (QED) is 0.857. The van der Waals surface area contributed by atoms with E-state index in [0.717, 1.165) is 11.4 Å². The standard InChI is InChI=1S/C15H18FN3OS/c1-3-12(15-18-8-9-21-15)19-14(20)10-6-5-7-11(16)13(10)17-4-2/h5-9,12,17H,3-4H2,1-2H3,(H,19,20). The monoisotopic (exact) mass is 307 g/mol. The Hall–Kier alpha value is -1.95. The lowest BCUT2D eigenvalue weighted by molar-refractivity contribution is 0.0936. The first-order chi connectivity index (χ1) is 10.2. The van der Waals surface area contributed by atoms with E-state index in [4.69, 9.17) is 0 Å². The Morgan fingerprint density at radius 3 is 2.86 bits per heavy atom. The molecular formula is C15H18FN3OS. The van der Waals surface area contributed by atoms with Crippen molar-refractivity contribution < 1.29 is 9.18 Å². The lowest BCUT2D eigenvalue weighted by Crippen LogP contribution is -2.29. The molecule has 0 aliphatic heterocycles. The van der Waals surface area contributed by atoms with Gasteiger partial charge in [-0.25, -0.2) is 9.37 Å². The third-order valence-corrected chi connectivity index (χ3v) is 3.96. The number of para-hydroxylation sites is 1. The highest BCUT2D eigenvalue weighted by Gasteiger charge is 2.19. The van der Waals surface area contributed by atoms with E-state index >= 15 is 0 Å². The number of carbonyl (C=O) groups is 1. The maximum Gasteiger partial charge on any atom is 0.254 e. The maximum atomic E-state index is 13.8. The molecule has 0 fully saturated rings. The van der Waals surface area contributed by atoms with Gasteiger partial charge < -0.3 is 10.6 Å². The number of hydrogen-bond acceptors (Lipinski definition) is 4. The zero-order valence-corrected chi connectivity index (χ0v) is 12.8. The van der Waals surface area contributed by atoms with Gasteiger partial charge in [-0.1, -0.05) is 13.0 Å². The van der Waals surface area contributed by atoms with Crippen LogP contribution in [-0.2, 0) is 0 Å². The van der Waals surface area contributed by atoms with Crippen molar-refractivity contribution >= 4 is 22.9 Å². The highest BCUT2D eigenvalue weighted by molar-refractivity contribution is 7.09. The molecule has 112 valence electrons. The lowest BCUT2D eigenvalue weighted by Gasteiger charge is -2.17. The van der Waals surface area contributed by atoms with Crippen LogP contribution in [0.1, 0.15) is 41.7 Å². The number of aromatic nitrogens is 1. The first-order valence-corrected chi connectivity index (χ1v) is 7.78. The summed E-state index contributed by atoms with van der Waals surface area (Å²) in [5, 5.41) is 8.54. The van der Waals surface area contributed by atoms with Crippen LogP contribution in [0.2, 0.25) is 0 Å². The molecule has 2 N–H and O–H groups in total. The minimum atomic E-state index is -0.424. The lowest BCUT2D eigenvalue weighted by atomic mass is 10.1. The second kappa shape index (κ2) is 7.17. The average Bonchev–Trinajstić information content (AvgIpc) is 3.01. The molecule has 0 saturated heterocycles. The number of benzene rings is 1. The van der Waals surface area contributed by atoms with Gasteiger partial charge in [0.2, 0.25) is 0 Å². The van der Waals surface area contributed by atoms with Crippen molar-refractivity contribution in [1.82, 2.24) is 10.3 Å². The molecule has 0 saturated carbocycles. The zero-order valence-electron chi connectivity index (χ0n) is 12.0. The summed E-state index contributed by atoms with van der Waals surface area (Å²) in [6.07, 6.45) is 2.44. The number of anilines is 1. The summed E-state index contributed by atoms with van der Waals surface area (Å²) in [6.45, 7) is 4.38. The predicted molar refractivity (Wildman–Crippen MR) is 83.2 cm³/mol. The minimum absolute atomic E-state index is 0.157. The first kappa shape index (κ1) is 15.4. The van der Waals surface area contributed by atoms with Crippen molar-refractivity contribution in [1.29, 1.82) is 0 Å². The highest BCUT2D eigenvalue weighted by atomic mass is 32.1. The number of hydrogen-bond donors (Lipinski definition) is 2. The molecule has 0 aliphatic carbocycles. The van der Waals surface area contributed by atoms with Gasteiger partial charge in [0.1, 0.15) is 10.8 Å². The molecule has 1 aromatic carbocycles. The number of thiazole rings is 1. The van der Waals surface area contributed by atoms with Gasteiger partial charge in [-0.05, 0) is 25.5 Å². The van der Waals surface area contributed by atoms with Crippen molar-refractivity contribution in [3.05, 3.63) is 46.2 Å². The second-order valence-corrected chi connectivity index (χ2v) is 5.42. The number of carbonyl (C=O) groups excluding carboxylic acids is 1. The molecule has 4 nitrogen and oxygen atoms in total. The summed E-state index contributed by atoms with van der Waals surface area (Å²) < 4.78 is 13.8. The Morgan fingerprint density at radius 2 is 2.24 bits per heavy atom. The van der Waals surface area contributed by atoms with Crippen LogP contribution < -0.4 is 10.6 Å². The van der Waals surface area contributed by atoms with Gasteiger partial charge in [0, 0.05) is 18.1 Å². The van der Waals surface area contributed by atoms with E-state index in [1.165, 1.54) is 23.5 Å². The fourth-order valence-electron chi connectivity index (χ4n) is 2.05. The molecule has 2 aromatic rings. The van der Waals surface area contributed by atoms with E-state index in [0.29, 0.717) is 12.1 Å². The minimum Gasteiger partial charge on any atom is -0.382 e. The SMILES string of the molecule is CCNc1c(F)cccc1C(=O)NC(CC)c1nccs1. The van der Waals surface area contributed by atoms with Gasteiger partial charge in [-0.3, -0.25) is 4.79 Å². The van der Waals surface area contributed by atoms with Crippen LogP contribution in [0.25, 0.3) is 0 Å². The maximum absolute atomic E-state index is 13.8. The van der Waals surface area contributed by atoms with Gasteiger partial charge in [0.05, 0.1) is 17.3 Å². The molecule has 1 atom stereocenters. The topological polar surface area (TPSA) is 54.0 Å². The van der Waals surface area contributed by atoms with Gasteiger partial charge in [-0.15, -0.1) is 11.3 Å². The largest absolute Gasteiger partial charge is 0.382 e. The van der Waals surface area contributed by atoms with Gasteiger partial charge in [-0.2, -0.15) is 0 Å². The summed E-state index contributed by atoms with van der Waals surface area (Å²) in [7, 11) is 0. The van der Waals surface area contributed by atoms with Crippen LogP contribution >= 0.6 is 11.3 Å². The van der Waals surface area contributed by atoms with Gasteiger partial charge in [0.25, 0.3) is 5.91 Å². The van der Waals surface area contributed by atoms with E-state index < -0.39 is 5.82 Å². The van der Waals surface area contributed by atoms with E-state index in [1.807, 2.05) is 19.2 Å². The Labute approximate surface area is 127 Å². The molecule has 2 rings (SSSR count). The molecule has 0 radical (unpaired) electrons. The Bertz CT molecular complexity index is 601. The van der Waals surface area contributed by atoms with E-state index in [1.54, 1.807) is 12.3 Å². The van der Waals surface area contributed by atoms with Gasteiger partial charge in [0.15, 0.2) is 0 Å². The molecular weight excluding hydrogens is 289 g/mol. The van der Waals surface area contributed by atoms with Crippen LogP contribution in [-0.4, -0.2) is 17.4 Å². The summed E-state index contributed by atoms with van der Waals surface area (Å²) in [5.41, 5.74) is 0.554. The van der Waals surface area contributed by atoms with Crippen molar-refractivity contribution in [2.45, 2.75) is 26.3 Å². The first-order valence-electron chi connectivity index (χ1n) is 6.90. The predicted octanol–water partition coefficient (Wildman–Crippen LogP) is 3.60. The molecule has 1 amide bonds. The molecule has 1 heterocycles. The van der Waals surface area contributed by atoms with Crippen molar-refractivity contribution in [2.75, 3.05) is 11.9 Å². The van der Waals surface area contributed by atoms with E-state index in [-0.39, 0.29) is 17.6 Å². The third kappa shape index (κ3) is 3.58. The van der Waals surface area contributed by atoms with Crippen LogP contribution in [0.3, 0.4) is 0 Å². The summed E-state index contributed by atoms with van der Waals surface area (Å²) in [6, 6.07) is 4.34. The Kier molecular flexibility index (Phi) is 5.27. The molecule has 0 aliphatic rings. The van der Waals surface area contributed by atoms with Crippen LogP contribution in [0, 0.1) is 5.82 Å². The molecule has 6 heteroatoms. The van der Waals surface area contributed by atoms with Crippen LogP contribution in [0.5, 0.6) is 0 Å². The summed E-state index contributed by atoms with van der Waals surface area (Å²) in [5.74, 6) is -0.723. The number of nitrogens with zero attached hydrogens (tertiary/aromatic N) is 1. The van der Waals surface area contributed by atoms with Crippen LogP contribution in [0.4, 0.5) is 10.1 Å². The normalized spacial score (nSPS) is 12.0. The second-order valence-electron chi connectivity index (χ2n) is 4.50. The summed E-state index contributed by atoms with van der Waals surface area (Å²) >= 11 is 1.49. The van der Waals surface area contributed by atoms with Crippen molar-refractivity contribution in [3.8, 4) is 0 Å². The Morgan fingerprint density at radius 1 is 1.43 bits per heavy atom. The van der Waals surface area contributed by atoms with Crippen molar-refractivity contribution in [2.24, 2.45) is 0 Å². The number of nitrogens with one attached hydrogen (secondary N) is 2. The zero-order chi connectivity index (χ0) is 15.2. The third-order valence-electron chi connectivity index (χ3n) is 3.07. The molecule has 1 unspecified atom stereocenters. The molecule has 0 bridgehead atoms. The molecule has 0 spiro atoms. The molecule has 1 aromatic heterocycles. The Balaban J connectivity index is 2.22. The molecule has 21 heavy (non-hydrogen) atoms. The van der Waals surface area contributed by atoms with Gasteiger partial charge >= 0.3 is 0 Å². The number of rotatable bonds is 6.